The van der Waals surface area contributed by atoms with Crippen LogP contribution in [0.1, 0.15) is 21.6 Å². The van der Waals surface area contributed by atoms with Gasteiger partial charge >= 0.3 is 0 Å². The van der Waals surface area contributed by atoms with Gasteiger partial charge in [-0.25, -0.2) is 27.2 Å². The topological polar surface area (TPSA) is 127 Å². The molecule has 1 heterocycles. The van der Waals surface area contributed by atoms with E-state index in [0.29, 0.717) is 52.5 Å². The summed E-state index contributed by atoms with van der Waals surface area (Å²) in [7, 11) is -2.92. The maximum Gasteiger partial charge on any atom is 0.264 e. The molecule has 5 rings (SSSR count). The van der Waals surface area contributed by atoms with Crippen LogP contribution < -0.4 is 15.8 Å². The first-order valence-corrected chi connectivity index (χ1v) is 13.2. The zero-order valence-corrected chi connectivity index (χ0v) is 21.4. The second-order valence-electron chi connectivity index (χ2n) is 8.58. The quantitative estimate of drug-likeness (QED) is 0.331. The van der Waals surface area contributed by atoms with E-state index < -0.39 is 26.6 Å². The molecule has 4 aromatic rings. The third-order valence-electron chi connectivity index (χ3n) is 6.15. The first-order chi connectivity index (χ1) is 18.1. The predicted molar refractivity (Wildman–Crippen MR) is 140 cm³/mol. The Labute approximate surface area is 221 Å². The molecule has 0 atom stereocenters. The number of hydrogen-bond acceptors (Lipinski definition) is 6. The van der Waals surface area contributed by atoms with Crippen LogP contribution in [0.25, 0.3) is 22.4 Å². The Morgan fingerprint density at radius 2 is 1.84 bits per heavy atom. The number of hydrogen-bond donors (Lipinski definition) is 3. The molecular formula is C26H20ClF2N5O3S. The lowest BCUT2D eigenvalue weighted by molar-refractivity contribution is 0.0963. The van der Waals surface area contributed by atoms with Gasteiger partial charge in [0.25, 0.3) is 15.9 Å². The highest BCUT2D eigenvalue weighted by molar-refractivity contribution is 7.92. The maximum absolute atomic E-state index is 14.3. The molecule has 0 fully saturated rings. The summed E-state index contributed by atoms with van der Waals surface area (Å²) in [6, 6.07) is 12.2. The van der Waals surface area contributed by atoms with E-state index in [-0.39, 0.29) is 22.6 Å². The van der Waals surface area contributed by atoms with Gasteiger partial charge in [0.15, 0.2) is 0 Å². The lowest BCUT2D eigenvalue weighted by Crippen LogP contribution is -2.18. The number of halogens is 3. The Bertz CT molecular complexity index is 1730. The summed E-state index contributed by atoms with van der Waals surface area (Å²) >= 11 is 6.42. The number of rotatable bonds is 5. The number of nitrogens with zero attached hydrogens (tertiary/aromatic N) is 2. The van der Waals surface area contributed by atoms with Crippen LogP contribution in [-0.4, -0.2) is 31.3 Å². The smallest absolute Gasteiger partial charge is 0.264 e. The van der Waals surface area contributed by atoms with Gasteiger partial charge in [-0.05, 0) is 60.4 Å². The van der Waals surface area contributed by atoms with Crippen molar-refractivity contribution in [3.05, 3.63) is 88.1 Å². The van der Waals surface area contributed by atoms with Crippen LogP contribution in [0.5, 0.6) is 0 Å². The minimum absolute atomic E-state index is 0.0103. The molecule has 1 aliphatic rings. The van der Waals surface area contributed by atoms with Crippen LogP contribution >= 0.6 is 11.6 Å². The molecule has 194 valence electrons. The van der Waals surface area contributed by atoms with Crippen molar-refractivity contribution in [2.75, 3.05) is 17.5 Å². The second kappa shape index (κ2) is 9.66. The Morgan fingerprint density at radius 3 is 2.58 bits per heavy atom. The summed E-state index contributed by atoms with van der Waals surface area (Å²) in [4.78, 5) is 20.4. The number of amides is 1. The van der Waals surface area contributed by atoms with Crippen LogP contribution in [0.2, 0.25) is 5.02 Å². The van der Waals surface area contributed by atoms with E-state index in [0.717, 1.165) is 17.7 Å². The van der Waals surface area contributed by atoms with Crippen molar-refractivity contribution in [2.45, 2.75) is 17.7 Å². The first-order valence-electron chi connectivity index (χ1n) is 11.4. The summed E-state index contributed by atoms with van der Waals surface area (Å²) in [5.74, 6) is -2.37. The van der Waals surface area contributed by atoms with E-state index in [2.05, 4.69) is 20.0 Å². The number of benzene rings is 3. The number of anilines is 2. The molecule has 3 aromatic carbocycles. The molecule has 0 aliphatic heterocycles. The summed E-state index contributed by atoms with van der Waals surface area (Å²) in [6.07, 6.45) is 1.08. The van der Waals surface area contributed by atoms with Crippen molar-refractivity contribution in [1.82, 2.24) is 15.3 Å². The largest absolute Gasteiger partial charge is 0.368 e. The molecule has 38 heavy (non-hydrogen) atoms. The molecular weight excluding hydrogens is 536 g/mol. The monoisotopic (exact) mass is 555 g/mol. The van der Waals surface area contributed by atoms with Gasteiger partial charge in [0.2, 0.25) is 5.95 Å². The van der Waals surface area contributed by atoms with Crippen LogP contribution in [0.4, 0.5) is 20.4 Å². The normalized spacial score (nSPS) is 12.4. The molecule has 4 N–H and O–H groups in total. The van der Waals surface area contributed by atoms with E-state index >= 15 is 0 Å². The fourth-order valence-electron chi connectivity index (χ4n) is 4.43. The van der Waals surface area contributed by atoms with Crippen LogP contribution in [0.3, 0.4) is 0 Å². The SMILES string of the molecule is CNC(=O)c1cccc(-c2nc(N)nc3c2-c2cc(NS(=O)(=O)c4ccc(F)cc4F)c(Cl)cc2CC3)c1. The Balaban J connectivity index is 1.65. The van der Waals surface area contributed by atoms with Crippen molar-refractivity contribution < 1.29 is 22.0 Å². The zero-order chi connectivity index (χ0) is 27.2. The van der Waals surface area contributed by atoms with Gasteiger partial charge in [-0.2, -0.15) is 0 Å². The molecule has 8 nitrogen and oxygen atoms in total. The van der Waals surface area contributed by atoms with Crippen LogP contribution in [-0.2, 0) is 22.9 Å². The van der Waals surface area contributed by atoms with Crippen molar-refractivity contribution in [3.63, 3.8) is 0 Å². The maximum atomic E-state index is 14.3. The minimum Gasteiger partial charge on any atom is -0.368 e. The average molecular weight is 556 g/mol. The Morgan fingerprint density at radius 1 is 1.05 bits per heavy atom. The average Bonchev–Trinajstić information content (AvgIpc) is 2.87. The molecule has 1 amide bonds. The predicted octanol–water partition coefficient (Wildman–Crippen LogP) is 4.58. The van der Waals surface area contributed by atoms with Gasteiger partial charge in [-0.3, -0.25) is 9.52 Å². The van der Waals surface area contributed by atoms with Crippen LogP contribution in [0.15, 0.2) is 59.5 Å². The van der Waals surface area contributed by atoms with E-state index in [4.69, 9.17) is 17.3 Å². The number of carbonyl (C=O) groups excluding carboxylic acids is 1. The molecule has 0 radical (unpaired) electrons. The molecule has 12 heteroatoms. The highest BCUT2D eigenvalue weighted by Crippen LogP contribution is 2.43. The van der Waals surface area contributed by atoms with Crippen LogP contribution in [0, 0.1) is 11.6 Å². The van der Waals surface area contributed by atoms with E-state index in [1.165, 1.54) is 13.1 Å². The van der Waals surface area contributed by atoms with Gasteiger partial charge < -0.3 is 11.1 Å². The summed E-state index contributed by atoms with van der Waals surface area (Å²) in [5, 5.41) is 2.68. The summed E-state index contributed by atoms with van der Waals surface area (Å²) in [5.41, 5.74) is 10.2. The standard InChI is InChI=1S/C26H20ClF2N5O3S/c1-31-25(35)15-4-2-3-14(9-15)24-23-17-12-21(34-38(36,37)22-8-6-16(28)11-19(22)29)18(27)10-13(17)5-7-20(23)32-26(30)33-24/h2-4,6,8-12,34H,5,7H2,1H3,(H,31,35)(H2,30,32,33). The molecule has 1 aliphatic carbocycles. The molecule has 0 unspecified atom stereocenters. The summed E-state index contributed by atoms with van der Waals surface area (Å²) < 4.78 is 55.8. The first kappa shape index (κ1) is 25.6. The molecule has 1 aromatic heterocycles. The molecule has 0 bridgehead atoms. The van der Waals surface area contributed by atoms with Gasteiger partial charge in [-0.15, -0.1) is 0 Å². The number of nitrogens with two attached hydrogens (primary N) is 1. The molecule has 0 spiro atoms. The number of aromatic nitrogens is 2. The highest BCUT2D eigenvalue weighted by Gasteiger charge is 2.27. The third-order valence-corrected chi connectivity index (χ3v) is 7.86. The lowest BCUT2D eigenvalue weighted by atomic mass is 9.85. The van der Waals surface area contributed by atoms with Gasteiger partial charge in [0, 0.05) is 29.8 Å². The van der Waals surface area contributed by atoms with Gasteiger partial charge in [0.05, 0.1) is 22.1 Å². The Hall–Kier alpha value is -4.09. The van der Waals surface area contributed by atoms with Crippen molar-refractivity contribution in [3.8, 4) is 22.4 Å². The lowest BCUT2D eigenvalue weighted by Gasteiger charge is -2.24. The zero-order valence-electron chi connectivity index (χ0n) is 19.8. The van der Waals surface area contributed by atoms with Gasteiger partial charge in [-0.1, -0.05) is 23.7 Å². The third kappa shape index (κ3) is 4.66. The number of nitrogen functional groups attached to an aromatic ring is 1. The van der Waals surface area contributed by atoms with Gasteiger partial charge in [0.1, 0.15) is 16.5 Å². The number of carbonyl (C=O) groups is 1. The molecule has 0 saturated carbocycles. The van der Waals surface area contributed by atoms with Crippen molar-refractivity contribution in [1.29, 1.82) is 0 Å². The summed E-state index contributed by atoms with van der Waals surface area (Å²) in [6.45, 7) is 0. The number of nitrogens with one attached hydrogen (secondary N) is 2. The van der Waals surface area contributed by atoms with Crippen molar-refractivity contribution >= 4 is 39.2 Å². The van der Waals surface area contributed by atoms with E-state index in [1.807, 2.05) is 0 Å². The number of sulfonamides is 1. The highest BCUT2D eigenvalue weighted by atomic mass is 35.5. The minimum atomic E-state index is -4.45. The second-order valence-corrected chi connectivity index (χ2v) is 10.6. The fraction of sp³-hybridized carbons (Fsp3) is 0.115. The molecule has 0 saturated heterocycles. The number of aryl methyl sites for hydroxylation is 2. The fourth-order valence-corrected chi connectivity index (χ4v) is 5.85. The number of fused-ring (bicyclic) bond motifs is 3. The van der Waals surface area contributed by atoms with E-state index in [1.54, 1.807) is 30.3 Å². The van der Waals surface area contributed by atoms with Crippen molar-refractivity contribution in [2.24, 2.45) is 0 Å². The van der Waals surface area contributed by atoms with E-state index in [9.17, 15) is 22.0 Å². The Kier molecular flexibility index (Phi) is 6.49.